The molecular formula is C10H14ClNO2. The molecule has 0 atom stereocenters. The predicted octanol–water partition coefficient (Wildman–Crippen LogP) is 1.59. The number of amides is 1. The van der Waals surface area contributed by atoms with Crippen LogP contribution in [0.1, 0.15) is 11.1 Å². The van der Waals surface area contributed by atoms with Crippen molar-refractivity contribution in [3.8, 4) is 5.75 Å². The first-order valence-corrected chi connectivity index (χ1v) is 4.08. The topological polar surface area (TPSA) is 52.3 Å². The highest BCUT2D eigenvalue weighted by Gasteiger charge is 2.02. The highest BCUT2D eigenvalue weighted by atomic mass is 35.5. The molecule has 1 amide bonds. The van der Waals surface area contributed by atoms with E-state index in [4.69, 9.17) is 10.5 Å². The normalized spacial score (nSPS) is 9.00. The van der Waals surface area contributed by atoms with Gasteiger partial charge in [-0.1, -0.05) is 12.1 Å². The number of benzene rings is 1. The van der Waals surface area contributed by atoms with Crippen molar-refractivity contribution in [1.82, 2.24) is 0 Å². The molecule has 1 rings (SSSR count). The fourth-order valence-corrected chi connectivity index (χ4v) is 1.03. The number of hydrogen-bond acceptors (Lipinski definition) is 2. The maximum absolute atomic E-state index is 10.5. The molecule has 0 fully saturated rings. The average Bonchev–Trinajstić information content (AvgIpc) is 2.07. The second-order valence-corrected chi connectivity index (χ2v) is 2.95. The number of halogens is 1. The van der Waals surface area contributed by atoms with Crippen LogP contribution in [0.3, 0.4) is 0 Å². The van der Waals surface area contributed by atoms with E-state index in [-0.39, 0.29) is 19.0 Å². The lowest BCUT2D eigenvalue weighted by Crippen LogP contribution is -2.20. The number of ether oxygens (including phenoxy) is 1. The monoisotopic (exact) mass is 215 g/mol. The van der Waals surface area contributed by atoms with Gasteiger partial charge in [0.05, 0.1) is 0 Å². The molecule has 0 aliphatic heterocycles. The van der Waals surface area contributed by atoms with Crippen LogP contribution in [0.25, 0.3) is 0 Å². The molecule has 0 aliphatic carbocycles. The Labute approximate surface area is 89.7 Å². The second kappa shape index (κ2) is 5.50. The van der Waals surface area contributed by atoms with Crippen LogP contribution in [0.4, 0.5) is 0 Å². The summed E-state index contributed by atoms with van der Waals surface area (Å²) in [6, 6.07) is 5.70. The first-order valence-electron chi connectivity index (χ1n) is 4.08. The number of nitrogens with two attached hydrogens (primary N) is 1. The summed E-state index contributed by atoms with van der Waals surface area (Å²) in [6.45, 7) is 3.88. The van der Waals surface area contributed by atoms with Gasteiger partial charge in [-0.3, -0.25) is 4.79 Å². The van der Waals surface area contributed by atoms with Crippen molar-refractivity contribution < 1.29 is 9.53 Å². The number of carbonyl (C=O) groups is 1. The highest BCUT2D eigenvalue weighted by molar-refractivity contribution is 5.85. The van der Waals surface area contributed by atoms with E-state index in [0.717, 1.165) is 16.9 Å². The molecule has 1 aromatic rings. The molecule has 2 N–H and O–H groups in total. The fourth-order valence-electron chi connectivity index (χ4n) is 1.03. The van der Waals surface area contributed by atoms with E-state index in [2.05, 4.69) is 0 Å². The van der Waals surface area contributed by atoms with Gasteiger partial charge >= 0.3 is 0 Å². The van der Waals surface area contributed by atoms with Crippen LogP contribution in [0.2, 0.25) is 0 Å². The second-order valence-electron chi connectivity index (χ2n) is 2.95. The maximum Gasteiger partial charge on any atom is 0.255 e. The molecule has 0 unspecified atom stereocenters. The minimum Gasteiger partial charge on any atom is -0.484 e. The molecule has 0 aromatic heterocycles. The van der Waals surface area contributed by atoms with Crippen molar-refractivity contribution in [2.45, 2.75) is 13.8 Å². The van der Waals surface area contributed by atoms with Gasteiger partial charge in [0.15, 0.2) is 6.61 Å². The minimum atomic E-state index is -0.457. The standard InChI is InChI=1S/C10H13NO2.ClH/c1-7-4-3-5-9(8(7)2)13-6-10(11)12;/h3-5H,6H2,1-2H3,(H2,11,12);1H. The van der Waals surface area contributed by atoms with Crippen LogP contribution in [0.15, 0.2) is 18.2 Å². The number of aryl methyl sites for hydroxylation is 1. The van der Waals surface area contributed by atoms with Gasteiger partial charge in [0.1, 0.15) is 5.75 Å². The fraction of sp³-hybridized carbons (Fsp3) is 0.300. The summed E-state index contributed by atoms with van der Waals surface area (Å²) < 4.78 is 5.20. The summed E-state index contributed by atoms with van der Waals surface area (Å²) in [7, 11) is 0. The predicted molar refractivity (Wildman–Crippen MR) is 57.9 cm³/mol. The summed E-state index contributed by atoms with van der Waals surface area (Å²) in [4.78, 5) is 10.5. The molecule has 4 heteroatoms. The van der Waals surface area contributed by atoms with Gasteiger partial charge in [-0.15, -0.1) is 12.4 Å². The van der Waals surface area contributed by atoms with Crippen LogP contribution in [-0.4, -0.2) is 12.5 Å². The average molecular weight is 216 g/mol. The van der Waals surface area contributed by atoms with Crippen molar-refractivity contribution in [3.05, 3.63) is 29.3 Å². The Kier molecular flexibility index (Phi) is 5.02. The molecule has 78 valence electrons. The van der Waals surface area contributed by atoms with Crippen LogP contribution < -0.4 is 10.5 Å². The van der Waals surface area contributed by atoms with E-state index >= 15 is 0 Å². The zero-order valence-corrected chi connectivity index (χ0v) is 9.06. The molecule has 0 bridgehead atoms. The lowest BCUT2D eigenvalue weighted by molar-refractivity contribution is -0.119. The lowest BCUT2D eigenvalue weighted by Gasteiger charge is -2.08. The zero-order chi connectivity index (χ0) is 9.84. The number of rotatable bonds is 3. The first kappa shape index (κ1) is 12.8. The summed E-state index contributed by atoms with van der Waals surface area (Å²) in [5, 5.41) is 0. The molecule has 14 heavy (non-hydrogen) atoms. The van der Waals surface area contributed by atoms with Gasteiger partial charge in [-0.05, 0) is 31.0 Å². The largest absolute Gasteiger partial charge is 0.484 e. The third kappa shape index (κ3) is 3.26. The van der Waals surface area contributed by atoms with Gasteiger partial charge in [0.2, 0.25) is 0 Å². The van der Waals surface area contributed by atoms with Crippen LogP contribution in [-0.2, 0) is 4.79 Å². The Morgan fingerprint density at radius 1 is 1.43 bits per heavy atom. The minimum absolute atomic E-state index is 0. The van der Waals surface area contributed by atoms with E-state index in [1.54, 1.807) is 0 Å². The van der Waals surface area contributed by atoms with Crippen LogP contribution in [0.5, 0.6) is 5.75 Å². The van der Waals surface area contributed by atoms with Crippen molar-refractivity contribution in [2.24, 2.45) is 5.73 Å². The zero-order valence-electron chi connectivity index (χ0n) is 8.24. The highest BCUT2D eigenvalue weighted by Crippen LogP contribution is 2.20. The molecule has 0 spiro atoms. The number of carbonyl (C=O) groups excluding carboxylic acids is 1. The Morgan fingerprint density at radius 2 is 2.07 bits per heavy atom. The summed E-state index contributed by atoms with van der Waals surface area (Å²) in [6.07, 6.45) is 0. The Bertz CT molecular complexity index is 326. The Morgan fingerprint density at radius 3 is 2.64 bits per heavy atom. The molecule has 0 heterocycles. The van der Waals surface area contributed by atoms with Crippen molar-refractivity contribution >= 4 is 18.3 Å². The van der Waals surface area contributed by atoms with Gasteiger partial charge in [-0.25, -0.2) is 0 Å². The van der Waals surface area contributed by atoms with Crippen LogP contribution >= 0.6 is 12.4 Å². The van der Waals surface area contributed by atoms with Gasteiger partial charge in [-0.2, -0.15) is 0 Å². The van der Waals surface area contributed by atoms with Gasteiger partial charge < -0.3 is 10.5 Å². The molecule has 3 nitrogen and oxygen atoms in total. The van der Waals surface area contributed by atoms with Gasteiger partial charge in [0.25, 0.3) is 5.91 Å². The molecular weight excluding hydrogens is 202 g/mol. The Hall–Kier alpha value is -1.22. The van der Waals surface area contributed by atoms with Crippen molar-refractivity contribution in [3.63, 3.8) is 0 Å². The van der Waals surface area contributed by atoms with E-state index in [1.165, 1.54) is 0 Å². The molecule has 0 saturated heterocycles. The van der Waals surface area contributed by atoms with Crippen molar-refractivity contribution in [1.29, 1.82) is 0 Å². The summed E-state index contributed by atoms with van der Waals surface area (Å²) >= 11 is 0. The third-order valence-electron chi connectivity index (χ3n) is 1.92. The molecule has 0 aliphatic rings. The quantitative estimate of drug-likeness (QED) is 0.833. The molecule has 0 radical (unpaired) electrons. The summed E-state index contributed by atoms with van der Waals surface area (Å²) in [5.41, 5.74) is 7.15. The third-order valence-corrected chi connectivity index (χ3v) is 1.92. The number of hydrogen-bond donors (Lipinski definition) is 1. The SMILES string of the molecule is Cc1cccc(OCC(N)=O)c1C.Cl. The van der Waals surface area contributed by atoms with Crippen molar-refractivity contribution in [2.75, 3.05) is 6.61 Å². The van der Waals surface area contributed by atoms with E-state index < -0.39 is 5.91 Å². The first-order chi connectivity index (χ1) is 6.11. The van der Waals surface area contributed by atoms with E-state index in [0.29, 0.717) is 0 Å². The van der Waals surface area contributed by atoms with E-state index in [9.17, 15) is 4.79 Å². The van der Waals surface area contributed by atoms with Crippen LogP contribution in [0, 0.1) is 13.8 Å². The van der Waals surface area contributed by atoms with E-state index in [1.807, 2.05) is 32.0 Å². The molecule has 1 aromatic carbocycles. The number of primary amides is 1. The maximum atomic E-state index is 10.5. The van der Waals surface area contributed by atoms with Gasteiger partial charge in [0, 0.05) is 0 Å². The Balaban J connectivity index is 0.00000169. The lowest BCUT2D eigenvalue weighted by atomic mass is 10.1. The molecule has 0 saturated carbocycles. The smallest absolute Gasteiger partial charge is 0.255 e. The summed E-state index contributed by atoms with van der Waals surface area (Å²) in [5.74, 6) is 0.264.